The Morgan fingerprint density at radius 2 is 2.10 bits per heavy atom. The van der Waals surface area contributed by atoms with E-state index < -0.39 is 0 Å². The van der Waals surface area contributed by atoms with Crippen molar-refractivity contribution in [2.24, 2.45) is 0 Å². The van der Waals surface area contributed by atoms with Crippen LogP contribution in [0.1, 0.15) is 24.5 Å². The molecule has 0 bridgehead atoms. The molecule has 0 atom stereocenters. The lowest BCUT2D eigenvalue weighted by atomic mass is 10.1. The number of rotatable bonds is 8. The van der Waals surface area contributed by atoms with Gasteiger partial charge in [-0.15, -0.1) is 0 Å². The largest absolute Gasteiger partial charge is 0.385 e. The Morgan fingerprint density at radius 1 is 1.33 bits per heavy atom. The van der Waals surface area contributed by atoms with Gasteiger partial charge in [-0.05, 0) is 18.9 Å². The predicted octanol–water partition coefficient (Wildman–Crippen LogP) is 1.50. The summed E-state index contributed by atoms with van der Waals surface area (Å²) in [6, 6.07) is 7.97. The fourth-order valence-electron chi connectivity index (χ4n) is 2.00. The zero-order valence-corrected chi connectivity index (χ0v) is 13.0. The summed E-state index contributed by atoms with van der Waals surface area (Å²) in [5.41, 5.74) is 2.21. The number of amides is 2. The van der Waals surface area contributed by atoms with E-state index in [1.165, 1.54) is 11.8 Å². The summed E-state index contributed by atoms with van der Waals surface area (Å²) in [5.74, 6) is -0.249. The Hall–Kier alpha value is -1.88. The van der Waals surface area contributed by atoms with Crippen LogP contribution >= 0.6 is 0 Å². The first-order valence-electron chi connectivity index (χ1n) is 7.09. The Balaban J connectivity index is 2.41. The molecule has 0 saturated heterocycles. The van der Waals surface area contributed by atoms with E-state index in [1.807, 2.05) is 31.2 Å². The Labute approximate surface area is 126 Å². The smallest absolute Gasteiger partial charge is 0.239 e. The molecular weight excluding hydrogens is 268 g/mol. The number of hydrogen-bond acceptors (Lipinski definition) is 3. The maximum absolute atomic E-state index is 11.9. The molecule has 0 radical (unpaired) electrons. The van der Waals surface area contributed by atoms with Gasteiger partial charge >= 0.3 is 0 Å². The number of carbonyl (C=O) groups excluding carboxylic acids is 2. The number of hydrogen-bond donors (Lipinski definition) is 1. The highest BCUT2D eigenvalue weighted by Crippen LogP contribution is 2.03. The summed E-state index contributed by atoms with van der Waals surface area (Å²) in [7, 11) is 1.62. The van der Waals surface area contributed by atoms with Gasteiger partial charge in [0.2, 0.25) is 11.8 Å². The van der Waals surface area contributed by atoms with Crippen LogP contribution in [-0.2, 0) is 20.9 Å². The van der Waals surface area contributed by atoms with Crippen LogP contribution in [0.5, 0.6) is 0 Å². The second-order valence-corrected chi connectivity index (χ2v) is 5.05. The van der Waals surface area contributed by atoms with E-state index in [9.17, 15) is 9.59 Å². The average Bonchev–Trinajstić information content (AvgIpc) is 2.44. The number of benzene rings is 1. The van der Waals surface area contributed by atoms with Gasteiger partial charge in [0.25, 0.3) is 0 Å². The Morgan fingerprint density at radius 3 is 2.71 bits per heavy atom. The van der Waals surface area contributed by atoms with E-state index in [1.54, 1.807) is 7.11 Å². The minimum Gasteiger partial charge on any atom is -0.385 e. The Bertz CT molecular complexity index is 474. The molecule has 1 aromatic rings. The van der Waals surface area contributed by atoms with Gasteiger partial charge in [0.05, 0.1) is 6.54 Å². The molecule has 1 rings (SSSR count). The van der Waals surface area contributed by atoms with E-state index >= 15 is 0 Å². The average molecular weight is 292 g/mol. The van der Waals surface area contributed by atoms with Gasteiger partial charge in [0.1, 0.15) is 0 Å². The van der Waals surface area contributed by atoms with Gasteiger partial charge < -0.3 is 15.0 Å². The van der Waals surface area contributed by atoms with E-state index in [0.717, 1.165) is 17.5 Å². The van der Waals surface area contributed by atoms with Crippen molar-refractivity contribution in [2.75, 3.05) is 26.8 Å². The topological polar surface area (TPSA) is 58.6 Å². The van der Waals surface area contributed by atoms with Gasteiger partial charge in [-0.2, -0.15) is 0 Å². The van der Waals surface area contributed by atoms with E-state index in [-0.39, 0.29) is 18.4 Å². The van der Waals surface area contributed by atoms with Gasteiger partial charge in [0.15, 0.2) is 0 Å². The normalized spacial score (nSPS) is 10.2. The number of ether oxygens (including phenoxy) is 1. The molecule has 5 nitrogen and oxygen atoms in total. The van der Waals surface area contributed by atoms with E-state index in [2.05, 4.69) is 5.32 Å². The lowest BCUT2D eigenvalue weighted by Gasteiger charge is -2.20. The van der Waals surface area contributed by atoms with Crippen molar-refractivity contribution in [2.45, 2.75) is 26.8 Å². The minimum atomic E-state index is -0.149. The van der Waals surface area contributed by atoms with E-state index in [0.29, 0.717) is 19.7 Å². The third kappa shape index (κ3) is 6.90. The molecule has 0 aliphatic heterocycles. The van der Waals surface area contributed by atoms with Crippen LogP contribution in [0.15, 0.2) is 24.3 Å². The number of aryl methyl sites for hydroxylation is 1. The third-order valence-electron chi connectivity index (χ3n) is 3.13. The van der Waals surface area contributed by atoms with Crippen LogP contribution in [0, 0.1) is 6.92 Å². The van der Waals surface area contributed by atoms with Crippen LogP contribution in [0.3, 0.4) is 0 Å². The van der Waals surface area contributed by atoms with Crippen molar-refractivity contribution < 1.29 is 14.3 Å². The fraction of sp³-hybridized carbons (Fsp3) is 0.500. The van der Waals surface area contributed by atoms with Crippen molar-refractivity contribution in [1.29, 1.82) is 0 Å². The SMILES string of the molecule is COCCCN(CC(=O)NCc1cccc(C)c1)C(C)=O. The van der Waals surface area contributed by atoms with Crippen molar-refractivity contribution in [3.63, 3.8) is 0 Å². The first-order valence-corrected chi connectivity index (χ1v) is 7.09. The lowest BCUT2D eigenvalue weighted by Crippen LogP contribution is -2.40. The minimum absolute atomic E-state index is 0.0882. The second-order valence-electron chi connectivity index (χ2n) is 5.05. The molecule has 0 aliphatic rings. The standard InChI is InChI=1S/C16H24N2O3/c1-13-6-4-7-15(10-13)11-17-16(20)12-18(14(2)19)8-5-9-21-3/h4,6-7,10H,5,8-9,11-12H2,1-3H3,(H,17,20). The number of nitrogens with one attached hydrogen (secondary N) is 1. The zero-order chi connectivity index (χ0) is 15.7. The Kier molecular flexibility index (Phi) is 7.46. The van der Waals surface area contributed by atoms with Crippen molar-refractivity contribution in [1.82, 2.24) is 10.2 Å². The van der Waals surface area contributed by atoms with Crippen molar-refractivity contribution in [3.8, 4) is 0 Å². The summed E-state index contributed by atoms with van der Waals surface area (Å²) in [4.78, 5) is 24.9. The summed E-state index contributed by atoms with van der Waals surface area (Å²) >= 11 is 0. The maximum Gasteiger partial charge on any atom is 0.239 e. The van der Waals surface area contributed by atoms with Gasteiger partial charge in [-0.3, -0.25) is 9.59 Å². The zero-order valence-electron chi connectivity index (χ0n) is 13.0. The molecule has 5 heteroatoms. The highest BCUT2D eigenvalue weighted by atomic mass is 16.5. The number of carbonyl (C=O) groups is 2. The third-order valence-corrected chi connectivity index (χ3v) is 3.13. The molecule has 0 saturated carbocycles. The van der Waals surface area contributed by atoms with E-state index in [4.69, 9.17) is 4.74 Å². The van der Waals surface area contributed by atoms with Gasteiger partial charge in [0, 0.05) is 33.7 Å². The van der Waals surface area contributed by atoms with Crippen LogP contribution < -0.4 is 5.32 Å². The molecule has 0 aliphatic carbocycles. The second kappa shape index (κ2) is 9.13. The molecule has 0 fully saturated rings. The van der Waals surface area contributed by atoms with Crippen molar-refractivity contribution in [3.05, 3.63) is 35.4 Å². The lowest BCUT2D eigenvalue weighted by molar-refractivity contribution is -0.134. The predicted molar refractivity (Wildman–Crippen MR) is 81.8 cm³/mol. The molecule has 0 unspecified atom stereocenters. The van der Waals surface area contributed by atoms with Crippen LogP contribution in [0.2, 0.25) is 0 Å². The van der Waals surface area contributed by atoms with Crippen LogP contribution in [0.25, 0.3) is 0 Å². The van der Waals surface area contributed by atoms with Crippen molar-refractivity contribution >= 4 is 11.8 Å². The molecule has 0 spiro atoms. The quantitative estimate of drug-likeness (QED) is 0.739. The highest BCUT2D eigenvalue weighted by molar-refractivity contribution is 5.83. The summed E-state index contributed by atoms with van der Waals surface area (Å²) in [6.45, 7) is 5.16. The summed E-state index contributed by atoms with van der Waals surface area (Å²) < 4.78 is 4.95. The molecule has 1 N–H and O–H groups in total. The first-order chi connectivity index (χ1) is 10.0. The van der Waals surface area contributed by atoms with Gasteiger partial charge in [-0.25, -0.2) is 0 Å². The molecule has 21 heavy (non-hydrogen) atoms. The number of methoxy groups -OCH3 is 1. The highest BCUT2D eigenvalue weighted by Gasteiger charge is 2.12. The van der Waals surface area contributed by atoms with Crippen LogP contribution in [0.4, 0.5) is 0 Å². The number of nitrogens with zero attached hydrogens (tertiary/aromatic N) is 1. The molecule has 0 heterocycles. The molecule has 1 aromatic carbocycles. The first kappa shape index (κ1) is 17.2. The monoisotopic (exact) mass is 292 g/mol. The summed E-state index contributed by atoms with van der Waals surface area (Å²) in [6.07, 6.45) is 0.723. The van der Waals surface area contributed by atoms with Gasteiger partial charge in [-0.1, -0.05) is 29.8 Å². The molecule has 2 amide bonds. The fourth-order valence-corrected chi connectivity index (χ4v) is 2.00. The van der Waals surface area contributed by atoms with Crippen LogP contribution in [-0.4, -0.2) is 43.5 Å². The maximum atomic E-state index is 11.9. The molecule has 116 valence electrons. The molecular formula is C16H24N2O3. The summed E-state index contributed by atoms with van der Waals surface area (Å²) in [5, 5.41) is 2.84. The molecule has 0 aromatic heterocycles.